The molecule has 10 nitrogen and oxygen atoms in total. The summed E-state index contributed by atoms with van der Waals surface area (Å²) in [4.78, 5) is 28.4. The Labute approximate surface area is 274 Å². The highest BCUT2D eigenvalue weighted by Crippen LogP contribution is 2.30. The van der Waals surface area contributed by atoms with Crippen molar-refractivity contribution in [2.45, 2.75) is 43.7 Å². The number of aliphatic hydroxyl groups excluding tert-OH is 1. The third kappa shape index (κ3) is 7.23. The lowest BCUT2D eigenvalue weighted by atomic mass is 10.0. The predicted octanol–water partition coefficient (Wildman–Crippen LogP) is 4.48. The van der Waals surface area contributed by atoms with Crippen molar-refractivity contribution in [1.29, 1.82) is 0 Å². The smallest absolute Gasteiger partial charge is 0.242 e. The van der Waals surface area contributed by atoms with Crippen LogP contribution in [0.1, 0.15) is 25.0 Å². The Balaban J connectivity index is 1.41. The lowest BCUT2D eigenvalue weighted by Gasteiger charge is -2.33. The number of sulfonamides is 1. The highest BCUT2D eigenvalue weighted by atomic mass is 35.5. The van der Waals surface area contributed by atoms with Crippen LogP contribution in [0.4, 0.5) is 5.69 Å². The van der Waals surface area contributed by atoms with Crippen LogP contribution >= 0.6 is 11.6 Å². The summed E-state index contributed by atoms with van der Waals surface area (Å²) in [6.45, 7) is 3.68. The van der Waals surface area contributed by atoms with Crippen molar-refractivity contribution >= 4 is 50.0 Å². The number of aryl methyl sites for hydroxylation is 1. The van der Waals surface area contributed by atoms with Crippen LogP contribution in [0.3, 0.4) is 0 Å². The van der Waals surface area contributed by atoms with E-state index in [9.17, 15) is 23.1 Å². The Morgan fingerprint density at radius 2 is 1.87 bits per heavy atom. The largest absolute Gasteiger partial charge is 0.488 e. The number of likely N-dealkylation sites (N-methyl/N-ethyl adjacent to an activating group) is 1. The molecule has 2 N–H and O–H groups in total. The van der Waals surface area contributed by atoms with E-state index in [1.807, 2.05) is 49.0 Å². The van der Waals surface area contributed by atoms with E-state index in [-0.39, 0.29) is 55.2 Å². The van der Waals surface area contributed by atoms with Gasteiger partial charge in [0, 0.05) is 59.9 Å². The normalized spacial score (nSPS) is 18.0. The minimum Gasteiger partial charge on any atom is -0.488 e. The monoisotopic (exact) mass is 666 g/mol. The molecule has 3 aromatic carbocycles. The molecule has 0 bridgehead atoms. The number of benzene rings is 3. The van der Waals surface area contributed by atoms with E-state index in [0.717, 1.165) is 16.5 Å². The van der Waals surface area contributed by atoms with E-state index in [0.29, 0.717) is 22.0 Å². The number of nitrogens with zero attached hydrogens (tertiary/aromatic N) is 3. The van der Waals surface area contributed by atoms with Gasteiger partial charge in [-0.05, 0) is 61.0 Å². The average Bonchev–Trinajstić information content (AvgIpc) is 3.35. The molecule has 46 heavy (non-hydrogen) atoms. The molecule has 2 amide bonds. The molecule has 1 aliphatic rings. The SMILES string of the molecule is C[C@@H]1CN([C@@H](C)CO)C(=O)Cc2cc(NC(=O)Cc3cn(C)c4ccccc34)ccc2O[C@@H]1CN(C)S(=O)(=O)c1ccc(Cl)cc1. The van der Waals surface area contributed by atoms with Crippen molar-refractivity contribution in [3.63, 3.8) is 0 Å². The second-order valence-electron chi connectivity index (χ2n) is 12.0. The molecule has 0 saturated heterocycles. The first-order chi connectivity index (χ1) is 21.9. The number of hydrogen-bond donors (Lipinski definition) is 2. The Morgan fingerprint density at radius 1 is 1.15 bits per heavy atom. The van der Waals surface area contributed by atoms with Gasteiger partial charge in [0.15, 0.2) is 0 Å². The van der Waals surface area contributed by atoms with Gasteiger partial charge in [0.2, 0.25) is 21.8 Å². The number of rotatable bonds is 9. The van der Waals surface area contributed by atoms with Crippen molar-refractivity contribution < 1.29 is 27.9 Å². The van der Waals surface area contributed by atoms with Gasteiger partial charge in [-0.15, -0.1) is 0 Å². The van der Waals surface area contributed by atoms with Crippen LogP contribution in [0.25, 0.3) is 10.9 Å². The highest BCUT2D eigenvalue weighted by molar-refractivity contribution is 7.89. The van der Waals surface area contributed by atoms with Gasteiger partial charge >= 0.3 is 0 Å². The quantitative estimate of drug-likeness (QED) is 0.272. The van der Waals surface area contributed by atoms with Gasteiger partial charge < -0.3 is 24.6 Å². The fourth-order valence-electron chi connectivity index (χ4n) is 5.81. The molecular weight excluding hydrogens is 628 g/mol. The number of para-hydroxylation sites is 1. The molecule has 4 aromatic rings. The van der Waals surface area contributed by atoms with E-state index < -0.39 is 22.2 Å². The van der Waals surface area contributed by atoms with Crippen molar-refractivity contribution in [2.75, 3.05) is 32.1 Å². The number of aromatic nitrogens is 1. The van der Waals surface area contributed by atoms with E-state index in [2.05, 4.69) is 5.32 Å². The van der Waals surface area contributed by atoms with E-state index in [1.54, 1.807) is 30.0 Å². The molecule has 0 radical (unpaired) electrons. The minimum absolute atomic E-state index is 0.00459. The Morgan fingerprint density at radius 3 is 2.59 bits per heavy atom. The number of aliphatic hydroxyl groups is 1. The van der Waals surface area contributed by atoms with Crippen LogP contribution in [0.15, 0.2) is 77.8 Å². The first-order valence-corrected chi connectivity index (χ1v) is 16.9. The summed E-state index contributed by atoms with van der Waals surface area (Å²) < 4.78 is 36.5. The zero-order valence-corrected chi connectivity index (χ0v) is 27.9. The van der Waals surface area contributed by atoms with E-state index in [4.69, 9.17) is 16.3 Å². The van der Waals surface area contributed by atoms with Gasteiger partial charge in [-0.2, -0.15) is 4.31 Å². The molecule has 3 atom stereocenters. The fourth-order valence-corrected chi connectivity index (χ4v) is 7.12. The summed E-state index contributed by atoms with van der Waals surface area (Å²) in [5.74, 6) is -0.289. The number of carbonyl (C=O) groups excluding carboxylic acids is 2. The first kappa shape index (κ1) is 33.5. The minimum atomic E-state index is -3.86. The number of anilines is 1. The van der Waals surface area contributed by atoms with Crippen molar-refractivity contribution in [1.82, 2.24) is 13.8 Å². The van der Waals surface area contributed by atoms with Gasteiger partial charge in [0.1, 0.15) is 11.9 Å². The number of amides is 2. The van der Waals surface area contributed by atoms with Crippen LogP contribution in [-0.2, 0) is 39.5 Å². The zero-order chi connectivity index (χ0) is 33.2. The summed E-state index contributed by atoms with van der Waals surface area (Å²) in [5, 5.41) is 14.3. The number of carbonyl (C=O) groups is 2. The van der Waals surface area contributed by atoms with Gasteiger partial charge in [0.25, 0.3) is 0 Å². The lowest BCUT2D eigenvalue weighted by Crippen LogP contribution is -2.48. The van der Waals surface area contributed by atoms with Crippen molar-refractivity contribution in [3.8, 4) is 5.75 Å². The molecule has 0 saturated carbocycles. The standard InChI is InChI=1S/C34H39ClN4O6S/c1-22-18-39(23(2)21-40)34(42)17-24-15-27(36-33(41)16-25-19-37(3)30-8-6-5-7-29(25)30)11-14-31(24)45-32(22)20-38(4)46(43,44)28-12-9-26(35)10-13-28/h5-15,19,22-23,32,40H,16-18,20-21H2,1-4H3,(H,36,41)/t22-,23+,32-/m1/s1. The molecular formula is C34H39ClN4O6S. The number of hydrogen-bond acceptors (Lipinski definition) is 6. The molecule has 0 spiro atoms. The molecule has 0 unspecified atom stereocenters. The molecule has 244 valence electrons. The third-order valence-corrected chi connectivity index (χ3v) is 10.6. The Hall–Kier alpha value is -3.90. The second kappa shape index (κ2) is 13.8. The van der Waals surface area contributed by atoms with Gasteiger partial charge in [-0.1, -0.05) is 36.7 Å². The Bertz CT molecular complexity index is 1840. The Kier molecular flexibility index (Phi) is 10.1. The average molecular weight is 667 g/mol. The molecule has 1 aliphatic heterocycles. The number of nitrogens with one attached hydrogen (secondary N) is 1. The molecule has 12 heteroatoms. The van der Waals surface area contributed by atoms with Crippen LogP contribution < -0.4 is 10.1 Å². The number of ether oxygens (including phenoxy) is 1. The van der Waals surface area contributed by atoms with Crippen molar-refractivity contribution in [2.24, 2.45) is 13.0 Å². The van der Waals surface area contributed by atoms with E-state index in [1.165, 1.54) is 35.6 Å². The van der Waals surface area contributed by atoms with Gasteiger partial charge in [-0.3, -0.25) is 9.59 Å². The topological polar surface area (TPSA) is 121 Å². The zero-order valence-electron chi connectivity index (χ0n) is 26.3. The van der Waals surface area contributed by atoms with Crippen LogP contribution in [-0.4, -0.2) is 78.0 Å². The van der Waals surface area contributed by atoms with Crippen LogP contribution in [0, 0.1) is 5.92 Å². The van der Waals surface area contributed by atoms with Gasteiger partial charge in [-0.25, -0.2) is 8.42 Å². The molecule has 1 aromatic heterocycles. The first-order valence-electron chi connectivity index (χ1n) is 15.1. The maximum atomic E-state index is 13.6. The molecule has 0 aliphatic carbocycles. The van der Waals surface area contributed by atoms with Crippen LogP contribution in [0.2, 0.25) is 5.02 Å². The second-order valence-corrected chi connectivity index (χ2v) is 14.4. The molecule has 0 fully saturated rings. The summed E-state index contributed by atoms with van der Waals surface area (Å²) in [6, 6.07) is 18.5. The summed E-state index contributed by atoms with van der Waals surface area (Å²) in [5.41, 5.74) is 2.99. The van der Waals surface area contributed by atoms with Crippen molar-refractivity contribution in [3.05, 3.63) is 89.1 Å². The van der Waals surface area contributed by atoms with Gasteiger partial charge in [0.05, 0.1) is 36.9 Å². The molecule has 2 heterocycles. The lowest BCUT2D eigenvalue weighted by molar-refractivity contribution is -0.134. The number of fused-ring (bicyclic) bond motifs is 2. The summed E-state index contributed by atoms with van der Waals surface area (Å²) in [7, 11) is -0.434. The maximum absolute atomic E-state index is 13.6. The summed E-state index contributed by atoms with van der Waals surface area (Å²) >= 11 is 5.97. The van der Waals surface area contributed by atoms with Crippen LogP contribution in [0.5, 0.6) is 5.75 Å². The van der Waals surface area contributed by atoms with E-state index >= 15 is 0 Å². The number of halogens is 1. The highest BCUT2D eigenvalue weighted by Gasteiger charge is 2.33. The third-order valence-electron chi connectivity index (χ3n) is 8.49. The summed E-state index contributed by atoms with van der Waals surface area (Å²) in [6.07, 6.45) is 1.45. The molecule has 5 rings (SSSR count). The fraction of sp³-hybridized carbons (Fsp3) is 0.353. The maximum Gasteiger partial charge on any atom is 0.242 e. The predicted molar refractivity (Wildman–Crippen MR) is 179 cm³/mol.